The van der Waals surface area contributed by atoms with Crippen LogP contribution in [-0.4, -0.2) is 28.8 Å². The molecule has 6 nitrogen and oxygen atoms in total. The van der Waals surface area contributed by atoms with Crippen molar-refractivity contribution in [1.82, 2.24) is 9.97 Å². The number of benzene rings is 2. The van der Waals surface area contributed by atoms with E-state index in [0.29, 0.717) is 25.3 Å². The van der Waals surface area contributed by atoms with E-state index in [1.807, 2.05) is 66.4 Å². The Kier molecular flexibility index (Phi) is 5.52. The summed E-state index contributed by atoms with van der Waals surface area (Å²) in [7, 11) is 0. The van der Waals surface area contributed by atoms with Crippen LogP contribution in [0.3, 0.4) is 0 Å². The second-order valence-electron chi connectivity index (χ2n) is 6.67. The second kappa shape index (κ2) is 8.56. The lowest BCUT2D eigenvalue weighted by Crippen LogP contribution is -2.30. The maximum absolute atomic E-state index is 13.1. The van der Waals surface area contributed by atoms with E-state index in [4.69, 9.17) is 4.74 Å². The van der Waals surface area contributed by atoms with Gasteiger partial charge >= 0.3 is 5.97 Å². The molecule has 0 saturated heterocycles. The van der Waals surface area contributed by atoms with Crippen molar-refractivity contribution < 1.29 is 9.53 Å². The molecule has 2 heterocycles. The summed E-state index contributed by atoms with van der Waals surface area (Å²) in [6.45, 7) is 2.57. The molecule has 0 atom stereocenters. The first-order valence-corrected chi connectivity index (χ1v) is 9.58. The number of hydrogen-bond acceptors (Lipinski definition) is 5. The van der Waals surface area contributed by atoms with Gasteiger partial charge in [-0.3, -0.25) is 4.99 Å². The second-order valence-corrected chi connectivity index (χ2v) is 6.67. The summed E-state index contributed by atoms with van der Waals surface area (Å²) in [5, 5.41) is 0. The molecule has 0 bridgehead atoms. The average molecular weight is 386 g/mol. The van der Waals surface area contributed by atoms with Crippen molar-refractivity contribution in [3.05, 3.63) is 89.6 Å². The van der Waals surface area contributed by atoms with Crippen LogP contribution in [0.1, 0.15) is 18.2 Å². The summed E-state index contributed by atoms with van der Waals surface area (Å²) in [6.07, 6.45) is 5.75. The number of anilines is 1. The third-order valence-electron chi connectivity index (χ3n) is 4.70. The van der Waals surface area contributed by atoms with Crippen molar-refractivity contribution in [2.45, 2.75) is 19.9 Å². The zero-order valence-corrected chi connectivity index (χ0v) is 16.2. The number of carbonyl (C=O) groups is 1. The van der Waals surface area contributed by atoms with E-state index in [1.165, 1.54) is 0 Å². The number of allylic oxidation sites excluding steroid dienone is 1. The summed E-state index contributed by atoms with van der Waals surface area (Å²) in [6, 6.07) is 17.8. The summed E-state index contributed by atoms with van der Waals surface area (Å²) in [4.78, 5) is 27.0. The van der Waals surface area contributed by atoms with Gasteiger partial charge in [-0.2, -0.15) is 0 Å². The van der Waals surface area contributed by atoms with Crippen LogP contribution in [0.25, 0.3) is 0 Å². The third kappa shape index (κ3) is 4.11. The monoisotopic (exact) mass is 386 g/mol. The van der Waals surface area contributed by atoms with Crippen LogP contribution >= 0.6 is 0 Å². The van der Waals surface area contributed by atoms with Gasteiger partial charge in [-0.15, -0.1) is 0 Å². The van der Waals surface area contributed by atoms with Crippen molar-refractivity contribution in [3.63, 3.8) is 0 Å². The normalized spacial score (nSPS) is 13.2. The number of nitrogens with one attached hydrogen (secondary N) is 1. The number of aromatic nitrogens is 2. The Hall–Kier alpha value is -3.67. The molecular weight excluding hydrogens is 364 g/mol. The molecule has 1 N–H and O–H groups in total. The number of nitrogens with zero attached hydrogens (tertiary/aromatic N) is 3. The minimum Gasteiger partial charge on any atom is -0.461 e. The van der Waals surface area contributed by atoms with Crippen molar-refractivity contribution in [1.29, 1.82) is 0 Å². The predicted octanol–water partition coefficient (Wildman–Crippen LogP) is 4.19. The van der Waals surface area contributed by atoms with Crippen LogP contribution in [0.2, 0.25) is 0 Å². The van der Waals surface area contributed by atoms with E-state index in [9.17, 15) is 4.79 Å². The lowest BCUT2D eigenvalue weighted by Gasteiger charge is -2.27. The number of imidazole rings is 1. The van der Waals surface area contributed by atoms with Gasteiger partial charge in [0.1, 0.15) is 5.70 Å². The van der Waals surface area contributed by atoms with Gasteiger partial charge in [0, 0.05) is 24.4 Å². The average Bonchev–Trinajstić information content (AvgIpc) is 3.20. The Morgan fingerprint density at radius 2 is 1.90 bits per heavy atom. The number of para-hydroxylation sites is 2. The Bertz CT molecular complexity index is 1040. The molecule has 29 heavy (non-hydrogen) atoms. The Morgan fingerprint density at radius 1 is 1.10 bits per heavy atom. The highest BCUT2D eigenvalue weighted by atomic mass is 16.5. The Labute approximate surface area is 169 Å². The van der Waals surface area contributed by atoms with Crippen LogP contribution < -0.4 is 4.90 Å². The highest BCUT2D eigenvalue weighted by Crippen LogP contribution is 2.36. The van der Waals surface area contributed by atoms with Crippen LogP contribution in [0.5, 0.6) is 0 Å². The van der Waals surface area contributed by atoms with Crippen molar-refractivity contribution in [2.24, 2.45) is 4.99 Å². The molecule has 1 aromatic heterocycles. The summed E-state index contributed by atoms with van der Waals surface area (Å²) >= 11 is 0. The zero-order chi connectivity index (χ0) is 20.1. The van der Waals surface area contributed by atoms with Gasteiger partial charge in [0.2, 0.25) is 0 Å². The number of rotatable bonds is 6. The van der Waals surface area contributed by atoms with Gasteiger partial charge in [-0.25, -0.2) is 9.78 Å². The van der Waals surface area contributed by atoms with E-state index in [-0.39, 0.29) is 5.97 Å². The highest BCUT2D eigenvalue weighted by Gasteiger charge is 2.28. The van der Waals surface area contributed by atoms with Crippen LogP contribution in [0, 0.1) is 0 Å². The van der Waals surface area contributed by atoms with Crippen LogP contribution in [-0.2, 0) is 22.5 Å². The van der Waals surface area contributed by atoms with Gasteiger partial charge in [0.05, 0.1) is 36.5 Å². The van der Waals surface area contributed by atoms with Crippen LogP contribution in [0.4, 0.5) is 11.4 Å². The smallest absolute Gasteiger partial charge is 0.355 e. The fourth-order valence-corrected chi connectivity index (χ4v) is 3.40. The first kappa shape index (κ1) is 18.7. The number of H-pyrrole nitrogens is 1. The maximum atomic E-state index is 13.1. The number of ether oxygens (including phenoxy) is 1. The number of esters is 1. The fraction of sp³-hybridized carbons (Fsp3) is 0.174. The summed E-state index contributed by atoms with van der Waals surface area (Å²) in [5.41, 5.74) is 4.96. The molecule has 0 radical (unpaired) electrons. The molecule has 0 unspecified atom stereocenters. The molecule has 6 heteroatoms. The van der Waals surface area contributed by atoms with Gasteiger partial charge in [-0.1, -0.05) is 42.5 Å². The topological polar surface area (TPSA) is 70.6 Å². The number of aliphatic imine (C=N–C) groups is 1. The van der Waals surface area contributed by atoms with E-state index >= 15 is 0 Å². The fourth-order valence-electron chi connectivity index (χ4n) is 3.40. The summed E-state index contributed by atoms with van der Waals surface area (Å²) < 4.78 is 5.44. The number of carbonyl (C=O) groups excluding carboxylic acids is 1. The van der Waals surface area contributed by atoms with Gasteiger partial charge in [-0.05, 0) is 24.6 Å². The molecule has 0 fully saturated rings. The predicted molar refractivity (Wildman–Crippen MR) is 113 cm³/mol. The minimum absolute atomic E-state index is 0.303. The lowest BCUT2D eigenvalue weighted by molar-refractivity contribution is -0.138. The molecule has 2 aromatic carbocycles. The van der Waals surface area contributed by atoms with Gasteiger partial charge < -0.3 is 14.6 Å². The summed E-state index contributed by atoms with van der Waals surface area (Å²) in [5.74, 6) is -0.360. The van der Waals surface area contributed by atoms with E-state index in [1.54, 1.807) is 18.7 Å². The van der Waals surface area contributed by atoms with Crippen molar-refractivity contribution in [3.8, 4) is 0 Å². The number of aromatic amines is 1. The Balaban J connectivity index is 1.85. The minimum atomic E-state index is -0.360. The van der Waals surface area contributed by atoms with Crippen LogP contribution in [0.15, 0.2) is 83.4 Å². The molecule has 0 aliphatic carbocycles. The molecule has 0 spiro atoms. The molecule has 4 rings (SSSR count). The van der Waals surface area contributed by atoms with Crippen molar-refractivity contribution in [2.75, 3.05) is 11.5 Å². The molecular formula is C23H22N4O2. The molecule has 0 amide bonds. The maximum Gasteiger partial charge on any atom is 0.355 e. The molecule has 1 aliphatic rings. The lowest BCUT2D eigenvalue weighted by atomic mass is 10.0. The standard InChI is InChI=1S/C23H22N4O2/c1-2-29-23(28)22-18(12-17-8-4-3-5-9-17)13-25-20-10-6-7-11-21(20)27(22)15-19-14-24-16-26-19/h3-11,13-14,16H,2,12,15H2,1H3,(H,24,26). The molecule has 3 aromatic rings. The number of hydrogen-bond donors (Lipinski definition) is 1. The SMILES string of the molecule is CCOC(=O)C1=C(Cc2ccccc2)C=Nc2ccccc2N1Cc1cnc[nH]1. The third-order valence-corrected chi connectivity index (χ3v) is 4.70. The highest BCUT2D eigenvalue weighted by molar-refractivity contribution is 6.03. The zero-order valence-electron chi connectivity index (χ0n) is 16.2. The molecule has 1 aliphatic heterocycles. The van der Waals surface area contributed by atoms with Gasteiger partial charge in [0.15, 0.2) is 0 Å². The molecule has 146 valence electrons. The first-order valence-electron chi connectivity index (χ1n) is 9.58. The number of fused-ring (bicyclic) bond motifs is 1. The van der Waals surface area contributed by atoms with E-state index in [0.717, 1.165) is 28.2 Å². The van der Waals surface area contributed by atoms with Gasteiger partial charge in [0.25, 0.3) is 0 Å². The first-order chi connectivity index (χ1) is 14.3. The largest absolute Gasteiger partial charge is 0.461 e. The molecule has 0 saturated carbocycles. The van der Waals surface area contributed by atoms with E-state index < -0.39 is 0 Å². The van der Waals surface area contributed by atoms with Crippen molar-refractivity contribution >= 4 is 23.6 Å². The quantitative estimate of drug-likeness (QED) is 0.645. The van der Waals surface area contributed by atoms with E-state index in [2.05, 4.69) is 15.0 Å². The Morgan fingerprint density at radius 3 is 2.66 bits per heavy atom.